The molecule has 0 aromatic heterocycles. The van der Waals surface area contributed by atoms with E-state index in [1.165, 1.54) is 0 Å². The minimum Gasteiger partial charge on any atom is -0.303 e. The van der Waals surface area contributed by atoms with Gasteiger partial charge >= 0.3 is 0 Å². The summed E-state index contributed by atoms with van der Waals surface area (Å²) in [6.07, 6.45) is 2.16. The van der Waals surface area contributed by atoms with E-state index >= 15 is 0 Å². The Labute approximate surface area is 61.2 Å². The number of nitrogens with one attached hydrogen (secondary N) is 2. The van der Waals surface area contributed by atoms with Gasteiger partial charge in [-0.15, -0.1) is 0 Å². The number of hydrogen-bond donors (Lipinski definition) is 2. The number of rotatable bonds is 3. The van der Waals surface area contributed by atoms with Gasteiger partial charge in [-0.05, 0) is 6.42 Å². The van der Waals surface area contributed by atoms with Crippen LogP contribution >= 0.6 is 0 Å². The van der Waals surface area contributed by atoms with Crippen LogP contribution in [-0.2, 0) is 4.79 Å². The average Bonchev–Trinajstić information content (AvgIpc) is 2.43. The molecule has 1 atom stereocenters. The fraction of sp³-hybridized carbons (Fsp3) is 0.857. The summed E-state index contributed by atoms with van der Waals surface area (Å²) in [6, 6.07) is 0. The largest absolute Gasteiger partial charge is 0.303 e. The minimum atomic E-state index is 0.141. The predicted molar refractivity (Wildman–Crippen MR) is 39.6 cm³/mol. The van der Waals surface area contributed by atoms with Gasteiger partial charge in [0, 0.05) is 19.0 Å². The van der Waals surface area contributed by atoms with Gasteiger partial charge in [-0.1, -0.05) is 6.92 Å². The molecule has 2 N–H and O–H groups in total. The Hall–Kier alpha value is -0.410. The molecule has 0 bridgehead atoms. The molecule has 0 aliphatic carbocycles. The van der Waals surface area contributed by atoms with Crippen molar-refractivity contribution >= 4 is 6.29 Å². The molecule has 0 amide bonds. The van der Waals surface area contributed by atoms with Crippen LogP contribution in [0.5, 0.6) is 0 Å². The van der Waals surface area contributed by atoms with Crippen LogP contribution in [-0.4, -0.2) is 25.5 Å². The number of carbonyl (C=O) groups is 1. The summed E-state index contributed by atoms with van der Waals surface area (Å²) in [7, 11) is 0. The third-order valence-electron chi connectivity index (χ3n) is 1.93. The molecule has 3 nitrogen and oxygen atoms in total. The maximum Gasteiger partial charge on any atom is 0.125 e. The van der Waals surface area contributed by atoms with Gasteiger partial charge in [0.25, 0.3) is 0 Å². The number of hydrogen-bond acceptors (Lipinski definition) is 3. The van der Waals surface area contributed by atoms with Crippen LogP contribution in [0.3, 0.4) is 0 Å². The second kappa shape index (κ2) is 3.68. The molecule has 0 radical (unpaired) electrons. The Bertz CT molecular complexity index is 110. The van der Waals surface area contributed by atoms with Crippen LogP contribution < -0.4 is 10.6 Å². The van der Waals surface area contributed by atoms with E-state index in [1.807, 2.05) is 6.92 Å². The van der Waals surface area contributed by atoms with Gasteiger partial charge in [0.05, 0.1) is 6.17 Å². The van der Waals surface area contributed by atoms with E-state index in [-0.39, 0.29) is 12.1 Å². The van der Waals surface area contributed by atoms with Crippen LogP contribution in [0.4, 0.5) is 0 Å². The van der Waals surface area contributed by atoms with Gasteiger partial charge in [0.2, 0.25) is 0 Å². The molecular formula is C7H14N2O. The van der Waals surface area contributed by atoms with Crippen molar-refractivity contribution in [2.24, 2.45) is 5.92 Å². The smallest absolute Gasteiger partial charge is 0.125 e. The molecule has 1 unspecified atom stereocenters. The third-order valence-corrected chi connectivity index (χ3v) is 1.93. The van der Waals surface area contributed by atoms with E-state index in [1.54, 1.807) is 0 Å². The Balaban J connectivity index is 2.36. The predicted octanol–water partition coefficient (Wildman–Crippen LogP) is -0.270. The van der Waals surface area contributed by atoms with Gasteiger partial charge in [0.1, 0.15) is 6.29 Å². The van der Waals surface area contributed by atoms with Gasteiger partial charge in [-0.25, -0.2) is 0 Å². The molecule has 1 aliphatic rings. The van der Waals surface area contributed by atoms with Crippen molar-refractivity contribution in [1.29, 1.82) is 0 Å². The summed E-state index contributed by atoms with van der Waals surface area (Å²) in [5, 5.41) is 6.43. The zero-order chi connectivity index (χ0) is 7.40. The van der Waals surface area contributed by atoms with Crippen molar-refractivity contribution in [3.63, 3.8) is 0 Å². The van der Waals surface area contributed by atoms with E-state index in [0.717, 1.165) is 25.8 Å². The van der Waals surface area contributed by atoms with Crippen LogP contribution in [0.1, 0.15) is 13.3 Å². The van der Waals surface area contributed by atoms with Crippen LogP contribution in [0.25, 0.3) is 0 Å². The van der Waals surface area contributed by atoms with E-state index < -0.39 is 0 Å². The lowest BCUT2D eigenvalue weighted by Crippen LogP contribution is -2.39. The normalized spacial score (nSPS) is 22.9. The van der Waals surface area contributed by atoms with Crippen molar-refractivity contribution in [2.75, 3.05) is 13.1 Å². The van der Waals surface area contributed by atoms with Crippen LogP contribution in [0, 0.1) is 5.92 Å². The molecule has 3 heteroatoms. The molecule has 1 aliphatic heterocycles. The monoisotopic (exact) mass is 142 g/mol. The summed E-state index contributed by atoms with van der Waals surface area (Å²) in [5.74, 6) is 0.141. The fourth-order valence-electron chi connectivity index (χ4n) is 1.24. The van der Waals surface area contributed by atoms with Gasteiger partial charge < -0.3 is 15.4 Å². The first-order valence-electron chi connectivity index (χ1n) is 3.80. The highest BCUT2D eigenvalue weighted by Crippen LogP contribution is 2.04. The fourth-order valence-corrected chi connectivity index (χ4v) is 1.24. The lowest BCUT2D eigenvalue weighted by molar-refractivity contribution is -0.112. The zero-order valence-electron chi connectivity index (χ0n) is 6.26. The van der Waals surface area contributed by atoms with Gasteiger partial charge in [-0.3, -0.25) is 0 Å². The second-order valence-corrected chi connectivity index (χ2v) is 2.59. The quantitative estimate of drug-likeness (QED) is 0.533. The molecule has 0 saturated carbocycles. The van der Waals surface area contributed by atoms with Crippen molar-refractivity contribution in [3.8, 4) is 0 Å². The van der Waals surface area contributed by atoms with E-state index in [0.29, 0.717) is 0 Å². The Morgan fingerprint density at radius 2 is 2.20 bits per heavy atom. The summed E-state index contributed by atoms with van der Waals surface area (Å²) >= 11 is 0. The molecular weight excluding hydrogens is 128 g/mol. The summed E-state index contributed by atoms with van der Waals surface area (Å²) in [5.41, 5.74) is 0. The zero-order valence-corrected chi connectivity index (χ0v) is 6.26. The Morgan fingerprint density at radius 1 is 1.60 bits per heavy atom. The summed E-state index contributed by atoms with van der Waals surface area (Å²) in [6.45, 7) is 3.99. The Morgan fingerprint density at radius 3 is 2.60 bits per heavy atom. The maximum atomic E-state index is 10.4. The van der Waals surface area contributed by atoms with Crippen molar-refractivity contribution in [2.45, 2.75) is 19.5 Å². The molecule has 1 rings (SSSR count). The Kier molecular flexibility index (Phi) is 2.83. The average molecular weight is 142 g/mol. The molecule has 1 heterocycles. The highest BCUT2D eigenvalue weighted by molar-refractivity contribution is 5.54. The van der Waals surface area contributed by atoms with Crippen molar-refractivity contribution < 1.29 is 4.79 Å². The number of carbonyl (C=O) groups excluding carboxylic acids is 1. The minimum absolute atomic E-state index is 0.141. The first-order valence-corrected chi connectivity index (χ1v) is 3.80. The first-order chi connectivity index (χ1) is 4.88. The van der Waals surface area contributed by atoms with Gasteiger partial charge in [0.15, 0.2) is 0 Å². The van der Waals surface area contributed by atoms with Crippen LogP contribution in [0.2, 0.25) is 0 Å². The summed E-state index contributed by atoms with van der Waals surface area (Å²) in [4.78, 5) is 10.4. The number of aldehydes is 1. The molecule has 1 saturated heterocycles. The maximum absolute atomic E-state index is 10.4. The lowest BCUT2D eigenvalue weighted by atomic mass is 10.1. The second-order valence-electron chi connectivity index (χ2n) is 2.59. The first kappa shape index (κ1) is 7.69. The SMILES string of the molecule is CCC(C=O)C1NCCN1. The molecule has 58 valence electrons. The highest BCUT2D eigenvalue weighted by Gasteiger charge is 2.21. The molecule has 10 heavy (non-hydrogen) atoms. The van der Waals surface area contributed by atoms with E-state index in [2.05, 4.69) is 10.6 Å². The van der Waals surface area contributed by atoms with Gasteiger partial charge in [-0.2, -0.15) is 0 Å². The molecule has 0 aromatic rings. The molecule has 0 spiro atoms. The molecule has 0 aromatic carbocycles. The summed E-state index contributed by atoms with van der Waals surface area (Å²) < 4.78 is 0. The third kappa shape index (κ3) is 1.55. The molecule has 1 fully saturated rings. The van der Waals surface area contributed by atoms with E-state index in [4.69, 9.17) is 0 Å². The van der Waals surface area contributed by atoms with E-state index in [9.17, 15) is 4.79 Å². The van der Waals surface area contributed by atoms with Crippen molar-refractivity contribution in [1.82, 2.24) is 10.6 Å². The highest BCUT2D eigenvalue weighted by atomic mass is 16.1. The standard InChI is InChI=1S/C7H14N2O/c1-2-6(5-10)7-8-3-4-9-7/h5-9H,2-4H2,1H3. The van der Waals surface area contributed by atoms with Crippen LogP contribution in [0.15, 0.2) is 0 Å². The van der Waals surface area contributed by atoms with Crippen molar-refractivity contribution in [3.05, 3.63) is 0 Å². The topological polar surface area (TPSA) is 41.1 Å². The lowest BCUT2D eigenvalue weighted by Gasteiger charge is -2.15.